The lowest BCUT2D eigenvalue weighted by atomic mass is 10.1. The maximum Gasteiger partial charge on any atom is 0.335 e. The van der Waals surface area contributed by atoms with E-state index < -0.39 is 11.9 Å². The Balaban J connectivity index is 1.36. The smallest absolute Gasteiger partial charge is 0.335 e. The number of aromatic carboxylic acids is 1. The molecule has 0 unspecified atom stereocenters. The SMILES string of the molecule is O=C(O)c1ccnc(C(=O)Nc2ccc(-c3cc4c(N5CCOCC5)ncnc4[nH]3)cc2)c1. The molecule has 1 aliphatic heterocycles. The van der Waals surface area contributed by atoms with Crippen molar-refractivity contribution in [2.45, 2.75) is 0 Å². The van der Waals surface area contributed by atoms with Crippen LogP contribution in [-0.4, -0.2) is 63.2 Å². The quantitative estimate of drug-likeness (QED) is 0.428. The summed E-state index contributed by atoms with van der Waals surface area (Å²) in [5.74, 6) is -0.719. The van der Waals surface area contributed by atoms with Crippen LogP contribution in [0.2, 0.25) is 0 Å². The van der Waals surface area contributed by atoms with Crippen LogP contribution in [0.3, 0.4) is 0 Å². The highest BCUT2D eigenvalue weighted by Crippen LogP contribution is 2.29. The number of aromatic amines is 1. The van der Waals surface area contributed by atoms with E-state index in [0.29, 0.717) is 18.9 Å². The van der Waals surface area contributed by atoms with Crippen molar-refractivity contribution in [1.82, 2.24) is 19.9 Å². The minimum absolute atomic E-state index is 0.00357. The van der Waals surface area contributed by atoms with E-state index in [1.807, 2.05) is 18.2 Å². The monoisotopic (exact) mass is 444 g/mol. The number of benzene rings is 1. The molecule has 5 rings (SSSR count). The third kappa shape index (κ3) is 4.23. The summed E-state index contributed by atoms with van der Waals surface area (Å²) in [6, 6.07) is 11.9. The highest BCUT2D eigenvalue weighted by molar-refractivity contribution is 6.04. The summed E-state index contributed by atoms with van der Waals surface area (Å²) in [4.78, 5) is 41.9. The van der Waals surface area contributed by atoms with Crippen molar-refractivity contribution in [1.29, 1.82) is 0 Å². The van der Waals surface area contributed by atoms with Crippen LogP contribution in [0.4, 0.5) is 11.5 Å². The Labute approximate surface area is 188 Å². The maximum absolute atomic E-state index is 12.4. The van der Waals surface area contributed by atoms with Gasteiger partial charge in [-0.15, -0.1) is 0 Å². The number of pyridine rings is 1. The number of amides is 1. The second-order valence-corrected chi connectivity index (χ2v) is 7.51. The fraction of sp³-hybridized carbons (Fsp3) is 0.174. The van der Waals surface area contributed by atoms with E-state index in [1.165, 1.54) is 18.3 Å². The molecule has 1 fully saturated rings. The number of hydrogen-bond acceptors (Lipinski definition) is 7. The molecule has 0 bridgehead atoms. The van der Waals surface area contributed by atoms with E-state index in [9.17, 15) is 9.59 Å². The van der Waals surface area contributed by atoms with Gasteiger partial charge in [-0.1, -0.05) is 12.1 Å². The summed E-state index contributed by atoms with van der Waals surface area (Å²) in [5.41, 5.74) is 3.16. The van der Waals surface area contributed by atoms with E-state index in [4.69, 9.17) is 9.84 Å². The van der Waals surface area contributed by atoms with E-state index in [0.717, 1.165) is 41.2 Å². The van der Waals surface area contributed by atoms with Crippen molar-refractivity contribution >= 4 is 34.4 Å². The van der Waals surface area contributed by atoms with E-state index in [2.05, 4.69) is 30.2 Å². The van der Waals surface area contributed by atoms with E-state index >= 15 is 0 Å². The van der Waals surface area contributed by atoms with Gasteiger partial charge in [0.1, 0.15) is 23.5 Å². The highest BCUT2D eigenvalue weighted by Gasteiger charge is 2.18. The number of carboxylic acid groups (broad SMARTS) is 1. The Kier molecular flexibility index (Phi) is 5.41. The van der Waals surface area contributed by atoms with E-state index in [-0.39, 0.29) is 11.3 Å². The molecule has 3 aromatic heterocycles. The number of aromatic nitrogens is 4. The van der Waals surface area contributed by atoms with E-state index in [1.54, 1.807) is 18.5 Å². The minimum atomic E-state index is -1.12. The Hall–Kier alpha value is -4.31. The van der Waals surface area contributed by atoms with Gasteiger partial charge in [-0.2, -0.15) is 0 Å². The number of carboxylic acids is 1. The first-order valence-electron chi connectivity index (χ1n) is 10.4. The first kappa shape index (κ1) is 20.6. The van der Waals surface area contributed by atoms with Crippen LogP contribution < -0.4 is 10.2 Å². The number of fused-ring (bicyclic) bond motifs is 1. The van der Waals surface area contributed by atoms with Crippen LogP contribution in [0, 0.1) is 0 Å². The van der Waals surface area contributed by atoms with Crippen LogP contribution in [0.1, 0.15) is 20.8 Å². The third-order valence-electron chi connectivity index (χ3n) is 5.41. The number of nitrogens with one attached hydrogen (secondary N) is 2. The molecule has 0 spiro atoms. The summed E-state index contributed by atoms with van der Waals surface area (Å²) in [5, 5.41) is 12.8. The van der Waals surface area contributed by atoms with Crippen LogP contribution in [-0.2, 0) is 4.74 Å². The normalized spacial score (nSPS) is 13.8. The average molecular weight is 444 g/mol. The number of rotatable bonds is 5. The molecule has 166 valence electrons. The van der Waals surface area contributed by atoms with Crippen molar-refractivity contribution in [2.24, 2.45) is 0 Å². The zero-order valence-electron chi connectivity index (χ0n) is 17.5. The molecule has 3 N–H and O–H groups in total. The second kappa shape index (κ2) is 8.67. The van der Waals surface area contributed by atoms with Gasteiger partial charge in [-0.3, -0.25) is 9.78 Å². The molecule has 33 heavy (non-hydrogen) atoms. The Morgan fingerprint density at radius 3 is 2.58 bits per heavy atom. The fourth-order valence-electron chi connectivity index (χ4n) is 3.73. The highest BCUT2D eigenvalue weighted by atomic mass is 16.5. The molecule has 0 atom stereocenters. The summed E-state index contributed by atoms with van der Waals surface area (Å²) < 4.78 is 5.44. The van der Waals surface area contributed by atoms with Gasteiger partial charge in [0, 0.05) is 30.7 Å². The number of morpholine rings is 1. The largest absolute Gasteiger partial charge is 0.478 e. The van der Waals surface area contributed by atoms with Gasteiger partial charge >= 0.3 is 5.97 Å². The topological polar surface area (TPSA) is 133 Å². The number of H-pyrrole nitrogens is 1. The molecule has 4 heterocycles. The number of hydrogen-bond donors (Lipinski definition) is 3. The lowest BCUT2D eigenvalue weighted by Crippen LogP contribution is -2.36. The Bertz CT molecular complexity index is 1330. The summed E-state index contributed by atoms with van der Waals surface area (Å²) in [6.07, 6.45) is 2.85. The Morgan fingerprint density at radius 2 is 1.82 bits per heavy atom. The van der Waals surface area contributed by atoms with Crippen molar-refractivity contribution < 1.29 is 19.4 Å². The number of ether oxygens (including phenoxy) is 1. The lowest BCUT2D eigenvalue weighted by molar-refractivity contribution is 0.0696. The van der Waals surface area contributed by atoms with Crippen LogP contribution in [0.15, 0.2) is 55.0 Å². The molecule has 0 radical (unpaired) electrons. The molecule has 1 saturated heterocycles. The maximum atomic E-state index is 12.4. The first-order valence-corrected chi connectivity index (χ1v) is 10.4. The third-order valence-corrected chi connectivity index (χ3v) is 5.41. The summed E-state index contributed by atoms with van der Waals surface area (Å²) in [6.45, 7) is 2.91. The average Bonchev–Trinajstić information content (AvgIpc) is 3.29. The van der Waals surface area contributed by atoms with Crippen LogP contribution in [0.25, 0.3) is 22.3 Å². The molecule has 10 nitrogen and oxygen atoms in total. The molecule has 4 aromatic rings. The van der Waals surface area contributed by atoms with Gasteiger partial charge < -0.3 is 25.0 Å². The zero-order chi connectivity index (χ0) is 22.8. The molecular weight excluding hydrogens is 424 g/mol. The van der Waals surface area contributed by atoms with Gasteiger partial charge in [0.25, 0.3) is 5.91 Å². The number of anilines is 2. The van der Waals surface area contributed by atoms with Crippen LogP contribution in [0.5, 0.6) is 0 Å². The predicted octanol–water partition coefficient (Wildman–Crippen LogP) is 2.81. The lowest BCUT2D eigenvalue weighted by Gasteiger charge is -2.27. The van der Waals surface area contributed by atoms with Gasteiger partial charge in [0.2, 0.25) is 0 Å². The Morgan fingerprint density at radius 1 is 1.03 bits per heavy atom. The van der Waals surface area contributed by atoms with Gasteiger partial charge in [-0.25, -0.2) is 14.8 Å². The van der Waals surface area contributed by atoms with Gasteiger partial charge in [0.05, 0.1) is 24.2 Å². The fourth-order valence-corrected chi connectivity index (χ4v) is 3.73. The zero-order valence-corrected chi connectivity index (χ0v) is 17.5. The molecule has 1 aliphatic rings. The molecule has 1 amide bonds. The van der Waals surface area contributed by atoms with Crippen LogP contribution >= 0.6 is 0 Å². The second-order valence-electron chi connectivity index (χ2n) is 7.51. The molecule has 10 heteroatoms. The number of carbonyl (C=O) groups is 2. The minimum Gasteiger partial charge on any atom is -0.478 e. The van der Waals surface area contributed by atoms with Crippen molar-refractivity contribution in [2.75, 3.05) is 36.5 Å². The van der Waals surface area contributed by atoms with Crippen molar-refractivity contribution in [3.05, 3.63) is 66.2 Å². The number of nitrogens with zero attached hydrogens (tertiary/aromatic N) is 4. The molecule has 1 aromatic carbocycles. The van der Waals surface area contributed by atoms with Gasteiger partial charge in [0.15, 0.2) is 0 Å². The summed E-state index contributed by atoms with van der Waals surface area (Å²) in [7, 11) is 0. The molecule has 0 aliphatic carbocycles. The predicted molar refractivity (Wildman–Crippen MR) is 122 cm³/mol. The van der Waals surface area contributed by atoms with Crippen molar-refractivity contribution in [3.63, 3.8) is 0 Å². The molecular formula is C23H20N6O4. The summed E-state index contributed by atoms with van der Waals surface area (Å²) >= 11 is 0. The van der Waals surface area contributed by atoms with Crippen molar-refractivity contribution in [3.8, 4) is 11.3 Å². The molecule has 0 saturated carbocycles. The first-order chi connectivity index (χ1) is 16.1. The number of carbonyl (C=O) groups excluding carboxylic acids is 1. The van der Waals surface area contributed by atoms with Gasteiger partial charge in [-0.05, 0) is 35.9 Å². The standard InChI is InChI=1S/C23H20N6O4/c30-22(19-11-15(23(31)32)5-6-24-19)27-16-3-1-14(2-4-16)18-12-17-20(28-18)25-13-26-21(17)29-7-9-33-10-8-29/h1-6,11-13H,7-10H2,(H,27,30)(H,31,32)(H,25,26,28).